The second-order valence-electron chi connectivity index (χ2n) is 6.72. The van der Waals surface area contributed by atoms with Crippen LogP contribution in [0.1, 0.15) is 11.3 Å². The van der Waals surface area contributed by atoms with Crippen molar-refractivity contribution in [3.8, 4) is 11.6 Å². The molecule has 150 valence electrons. The van der Waals surface area contributed by atoms with E-state index in [0.717, 1.165) is 27.8 Å². The number of H-pyrrole nitrogens is 1. The Morgan fingerprint density at radius 2 is 2.03 bits per heavy atom. The molecule has 0 aliphatic carbocycles. The van der Waals surface area contributed by atoms with Gasteiger partial charge in [-0.25, -0.2) is 4.98 Å². The minimum absolute atomic E-state index is 0.158. The van der Waals surface area contributed by atoms with Gasteiger partial charge >= 0.3 is 0 Å². The van der Waals surface area contributed by atoms with Crippen LogP contribution in [0, 0.1) is 6.92 Å². The van der Waals surface area contributed by atoms with E-state index in [1.54, 1.807) is 25.4 Å². The van der Waals surface area contributed by atoms with Crippen molar-refractivity contribution in [1.82, 2.24) is 20.3 Å². The topological polar surface area (TPSA) is 91.9 Å². The van der Waals surface area contributed by atoms with E-state index in [-0.39, 0.29) is 5.91 Å². The highest BCUT2D eigenvalue weighted by atomic mass is 16.5. The molecule has 0 aliphatic heterocycles. The van der Waals surface area contributed by atoms with Crippen molar-refractivity contribution >= 4 is 34.5 Å². The maximum Gasteiger partial charge on any atom is 0.243 e. The standard InChI is InChI=1S/C23H21N5O2/c1-15-12-17-14-19(7-8-20(17)26-15)30-22-10-11-25-23(28-22)27-18-5-3-4-16(13-18)6-9-21(29)24-2/h3-14,26H,1-2H3,(H,24,29)(H,25,27,28)/b9-6+. The maximum atomic E-state index is 11.4. The minimum atomic E-state index is -0.158. The number of rotatable bonds is 6. The SMILES string of the molecule is CNC(=O)/C=C/c1cccc(Nc2nccc(Oc3ccc4[nH]c(C)cc4c3)n2)c1. The summed E-state index contributed by atoms with van der Waals surface area (Å²) >= 11 is 0. The fraction of sp³-hybridized carbons (Fsp3) is 0.0870. The summed E-state index contributed by atoms with van der Waals surface area (Å²) in [6, 6.07) is 17.2. The predicted molar refractivity (Wildman–Crippen MR) is 118 cm³/mol. The van der Waals surface area contributed by atoms with Crippen molar-refractivity contribution in [1.29, 1.82) is 0 Å². The van der Waals surface area contributed by atoms with Gasteiger partial charge in [-0.15, -0.1) is 0 Å². The monoisotopic (exact) mass is 399 g/mol. The third-order valence-electron chi connectivity index (χ3n) is 4.40. The van der Waals surface area contributed by atoms with Crippen LogP contribution in [0.3, 0.4) is 0 Å². The largest absolute Gasteiger partial charge is 0.439 e. The fourth-order valence-electron chi connectivity index (χ4n) is 3.00. The van der Waals surface area contributed by atoms with E-state index in [0.29, 0.717) is 17.6 Å². The zero-order chi connectivity index (χ0) is 20.9. The van der Waals surface area contributed by atoms with Gasteiger partial charge in [-0.2, -0.15) is 4.98 Å². The summed E-state index contributed by atoms with van der Waals surface area (Å²) < 4.78 is 5.91. The van der Waals surface area contributed by atoms with Gasteiger partial charge in [-0.05, 0) is 55.0 Å². The average molecular weight is 399 g/mol. The second kappa shape index (κ2) is 8.48. The van der Waals surface area contributed by atoms with Crippen LogP contribution in [0.2, 0.25) is 0 Å². The number of nitrogens with zero attached hydrogens (tertiary/aromatic N) is 2. The fourth-order valence-corrected chi connectivity index (χ4v) is 3.00. The lowest BCUT2D eigenvalue weighted by Gasteiger charge is -2.08. The van der Waals surface area contributed by atoms with Crippen LogP contribution in [-0.2, 0) is 4.79 Å². The van der Waals surface area contributed by atoms with Gasteiger partial charge in [0.15, 0.2) is 0 Å². The molecule has 7 heteroatoms. The van der Waals surface area contributed by atoms with Crippen LogP contribution in [0.5, 0.6) is 11.6 Å². The normalized spacial score (nSPS) is 11.0. The molecule has 0 fully saturated rings. The highest BCUT2D eigenvalue weighted by Gasteiger charge is 2.05. The van der Waals surface area contributed by atoms with E-state index in [4.69, 9.17) is 4.74 Å². The molecule has 7 nitrogen and oxygen atoms in total. The third-order valence-corrected chi connectivity index (χ3v) is 4.40. The van der Waals surface area contributed by atoms with Crippen molar-refractivity contribution < 1.29 is 9.53 Å². The lowest BCUT2D eigenvalue weighted by Crippen LogP contribution is -2.13. The number of carbonyl (C=O) groups excluding carboxylic acids is 1. The molecule has 2 heterocycles. The van der Waals surface area contributed by atoms with Gasteiger partial charge in [-0.1, -0.05) is 12.1 Å². The lowest BCUT2D eigenvalue weighted by molar-refractivity contribution is -0.115. The molecule has 4 rings (SSSR count). The Kier molecular flexibility index (Phi) is 5.43. The minimum Gasteiger partial charge on any atom is -0.439 e. The smallest absolute Gasteiger partial charge is 0.243 e. The summed E-state index contributed by atoms with van der Waals surface area (Å²) in [6.45, 7) is 2.02. The zero-order valence-corrected chi connectivity index (χ0v) is 16.6. The lowest BCUT2D eigenvalue weighted by atomic mass is 10.2. The molecule has 30 heavy (non-hydrogen) atoms. The molecule has 3 N–H and O–H groups in total. The van der Waals surface area contributed by atoms with Crippen molar-refractivity contribution in [2.75, 3.05) is 12.4 Å². The number of hydrogen-bond acceptors (Lipinski definition) is 5. The molecule has 1 amide bonds. The quantitative estimate of drug-likeness (QED) is 0.413. The number of likely N-dealkylation sites (N-methyl/N-ethyl adjacent to an activating group) is 1. The number of benzene rings is 2. The van der Waals surface area contributed by atoms with Crippen LogP contribution in [0.15, 0.2) is 66.9 Å². The number of hydrogen-bond donors (Lipinski definition) is 3. The summed E-state index contributed by atoms with van der Waals surface area (Å²) in [6.07, 6.45) is 4.86. The van der Waals surface area contributed by atoms with Crippen LogP contribution in [0.25, 0.3) is 17.0 Å². The van der Waals surface area contributed by atoms with Crippen molar-refractivity contribution in [3.63, 3.8) is 0 Å². The van der Waals surface area contributed by atoms with E-state index in [9.17, 15) is 4.79 Å². The van der Waals surface area contributed by atoms with Gasteiger partial charge in [0.25, 0.3) is 0 Å². The van der Waals surface area contributed by atoms with Gasteiger partial charge in [0.1, 0.15) is 5.75 Å². The first kappa shape index (κ1) is 19.2. The number of anilines is 2. The highest BCUT2D eigenvalue weighted by molar-refractivity contribution is 5.91. The number of ether oxygens (including phenoxy) is 1. The first-order valence-electron chi connectivity index (χ1n) is 9.46. The number of carbonyl (C=O) groups is 1. The predicted octanol–water partition coefficient (Wildman–Crippen LogP) is 4.56. The van der Waals surface area contributed by atoms with Crippen LogP contribution < -0.4 is 15.4 Å². The van der Waals surface area contributed by atoms with Crippen molar-refractivity contribution in [3.05, 3.63) is 78.1 Å². The number of fused-ring (bicyclic) bond motifs is 1. The molecule has 0 saturated carbocycles. The van der Waals surface area contributed by atoms with Crippen LogP contribution in [-0.4, -0.2) is 27.9 Å². The molecule has 4 aromatic rings. The summed E-state index contributed by atoms with van der Waals surface area (Å²) in [5.41, 5.74) is 3.85. The van der Waals surface area contributed by atoms with E-state index in [1.165, 1.54) is 6.08 Å². The first-order chi connectivity index (χ1) is 14.6. The molecule has 0 unspecified atom stereocenters. The Balaban J connectivity index is 1.49. The molecule has 0 bridgehead atoms. The van der Waals surface area contributed by atoms with Gasteiger partial charge < -0.3 is 20.4 Å². The van der Waals surface area contributed by atoms with Gasteiger partial charge in [-0.3, -0.25) is 4.79 Å². The van der Waals surface area contributed by atoms with Crippen molar-refractivity contribution in [2.45, 2.75) is 6.92 Å². The number of aryl methyl sites for hydroxylation is 1. The molecule has 0 radical (unpaired) electrons. The van der Waals surface area contributed by atoms with Gasteiger partial charge in [0.2, 0.25) is 17.7 Å². The Labute approximate surface area is 173 Å². The summed E-state index contributed by atoms with van der Waals surface area (Å²) in [7, 11) is 1.59. The summed E-state index contributed by atoms with van der Waals surface area (Å²) in [5.74, 6) is 1.40. The molecule has 0 saturated heterocycles. The van der Waals surface area contributed by atoms with Gasteiger partial charge in [0, 0.05) is 47.7 Å². The first-order valence-corrected chi connectivity index (χ1v) is 9.46. The third kappa shape index (κ3) is 4.64. The van der Waals surface area contributed by atoms with Crippen LogP contribution in [0.4, 0.5) is 11.6 Å². The Bertz CT molecular complexity index is 1230. The number of aromatic amines is 1. The van der Waals surface area contributed by atoms with E-state index < -0.39 is 0 Å². The Morgan fingerprint density at radius 3 is 2.90 bits per heavy atom. The molecular formula is C23H21N5O2. The molecule has 2 aromatic heterocycles. The van der Waals surface area contributed by atoms with Crippen molar-refractivity contribution in [2.24, 2.45) is 0 Å². The maximum absolute atomic E-state index is 11.4. The number of aromatic nitrogens is 3. The molecule has 0 spiro atoms. The average Bonchev–Trinajstić information content (AvgIpc) is 3.12. The Hall–Kier alpha value is -4.13. The molecular weight excluding hydrogens is 378 g/mol. The second-order valence-corrected chi connectivity index (χ2v) is 6.72. The molecule has 2 aromatic carbocycles. The van der Waals surface area contributed by atoms with E-state index >= 15 is 0 Å². The zero-order valence-electron chi connectivity index (χ0n) is 16.6. The molecule has 0 aliphatic rings. The Morgan fingerprint density at radius 1 is 1.13 bits per heavy atom. The van der Waals surface area contributed by atoms with E-state index in [2.05, 4.69) is 31.7 Å². The highest BCUT2D eigenvalue weighted by Crippen LogP contribution is 2.26. The molecule has 0 atom stereocenters. The summed E-state index contributed by atoms with van der Waals surface area (Å²) in [5, 5.41) is 6.80. The number of nitrogens with one attached hydrogen (secondary N) is 3. The van der Waals surface area contributed by atoms with E-state index in [1.807, 2.05) is 49.4 Å². The van der Waals surface area contributed by atoms with Gasteiger partial charge in [0.05, 0.1) is 0 Å². The summed E-state index contributed by atoms with van der Waals surface area (Å²) in [4.78, 5) is 23.4. The number of amides is 1. The van der Waals surface area contributed by atoms with Crippen LogP contribution >= 0.6 is 0 Å².